The van der Waals surface area contributed by atoms with Gasteiger partial charge in [-0.05, 0) is 18.6 Å². The van der Waals surface area contributed by atoms with Gasteiger partial charge in [0.15, 0.2) is 0 Å². The lowest BCUT2D eigenvalue weighted by atomic mass is 10.3. The number of rotatable bonds is 7. The maximum Gasteiger partial charge on any atom is 0.227 e. The molecule has 0 aliphatic rings. The second-order valence-electron chi connectivity index (χ2n) is 2.27. The van der Waals surface area contributed by atoms with Crippen LogP contribution in [0.25, 0.3) is 0 Å². The molecule has 0 saturated heterocycles. The Hall–Kier alpha value is 0.300. The molecule has 0 aromatic heterocycles. The summed E-state index contributed by atoms with van der Waals surface area (Å²) in [6, 6.07) is 0. The molecule has 0 radical (unpaired) electrons. The summed E-state index contributed by atoms with van der Waals surface area (Å²) < 4.78 is 0. The summed E-state index contributed by atoms with van der Waals surface area (Å²) in [6.45, 7) is 0. The number of nitrogens with two attached hydrogens (primary N) is 1. The van der Waals surface area contributed by atoms with Crippen LogP contribution >= 0.6 is 27.7 Å². The van der Waals surface area contributed by atoms with Crippen molar-refractivity contribution >= 4 is 33.6 Å². The number of unbranched alkanes of at least 4 members (excludes halogenated alkanes) is 2. The molecule has 0 aliphatic heterocycles. The fourth-order valence-corrected chi connectivity index (χ4v) is 1.80. The van der Waals surface area contributed by atoms with Crippen LogP contribution < -0.4 is 5.73 Å². The van der Waals surface area contributed by atoms with Crippen LogP contribution in [0.4, 0.5) is 0 Å². The number of carbonyl (C=O) groups is 1. The normalized spacial score (nSPS) is 9.91. The van der Waals surface area contributed by atoms with Crippen LogP contribution in [-0.2, 0) is 4.79 Å². The molecular formula is C7H14BrNOS. The fourth-order valence-electron chi connectivity index (χ4n) is 0.648. The highest BCUT2D eigenvalue weighted by Crippen LogP contribution is 2.06. The van der Waals surface area contributed by atoms with Gasteiger partial charge in [0.1, 0.15) is 0 Å². The van der Waals surface area contributed by atoms with E-state index in [-0.39, 0.29) is 5.91 Å². The third-order valence-corrected chi connectivity index (χ3v) is 2.79. The molecule has 11 heavy (non-hydrogen) atoms. The Morgan fingerprint density at radius 2 is 2.09 bits per heavy atom. The van der Waals surface area contributed by atoms with Gasteiger partial charge in [-0.25, -0.2) is 0 Å². The monoisotopic (exact) mass is 239 g/mol. The molecule has 0 bridgehead atoms. The lowest BCUT2D eigenvalue weighted by Gasteiger charge is -1.97. The SMILES string of the molecule is NC(=O)CSCCCCCBr. The first-order valence-corrected chi connectivity index (χ1v) is 5.97. The van der Waals surface area contributed by atoms with Crippen molar-refractivity contribution in [3.63, 3.8) is 0 Å². The van der Waals surface area contributed by atoms with Crippen LogP contribution in [-0.4, -0.2) is 22.7 Å². The van der Waals surface area contributed by atoms with Gasteiger partial charge in [-0.1, -0.05) is 22.4 Å². The quantitative estimate of drug-likeness (QED) is 0.544. The Kier molecular flexibility index (Phi) is 8.63. The lowest BCUT2D eigenvalue weighted by molar-refractivity contribution is -0.115. The predicted octanol–water partition coefficient (Wildman–Crippen LogP) is 1.77. The first-order chi connectivity index (χ1) is 5.27. The molecule has 1 amide bonds. The van der Waals surface area contributed by atoms with Crippen molar-refractivity contribution in [1.82, 2.24) is 0 Å². The summed E-state index contributed by atoms with van der Waals surface area (Å²) in [7, 11) is 0. The largest absolute Gasteiger partial charge is 0.369 e. The summed E-state index contributed by atoms with van der Waals surface area (Å²) in [5, 5.41) is 1.08. The van der Waals surface area contributed by atoms with E-state index in [0.717, 1.165) is 11.1 Å². The Morgan fingerprint density at radius 1 is 1.36 bits per heavy atom. The minimum Gasteiger partial charge on any atom is -0.369 e. The van der Waals surface area contributed by atoms with E-state index in [4.69, 9.17) is 5.73 Å². The van der Waals surface area contributed by atoms with Crippen molar-refractivity contribution in [1.29, 1.82) is 0 Å². The summed E-state index contributed by atoms with van der Waals surface area (Å²) in [6.07, 6.45) is 3.64. The van der Waals surface area contributed by atoms with Crippen molar-refractivity contribution in [2.24, 2.45) is 5.73 Å². The van der Waals surface area contributed by atoms with Gasteiger partial charge in [0.25, 0.3) is 0 Å². The van der Waals surface area contributed by atoms with Gasteiger partial charge < -0.3 is 5.73 Å². The molecule has 0 spiro atoms. The molecule has 0 aromatic carbocycles. The zero-order valence-corrected chi connectivity index (χ0v) is 8.92. The number of hydrogen-bond donors (Lipinski definition) is 1. The van der Waals surface area contributed by atoms with Gasteiger partial charge in [-0.3, -0.25) is 4.79 Å². The minimum atomic E-state index is -0.213. The molecule has 0 rings (SSSR count). The van der Waals surface area contributed by atoms with E-state index in [1.165, 1.54) is 19.3 Å². The second kappa shape index (κ2) is 8.40. The molecule has 0 atom stereocenters. The fraction of sp³-hybridized carbons (Fsp3) is 0.857. The molecule has 2 nitrogen and oxygen atoms in total. The Labute approximate surface area is 80.4 Å². The molecule has 0 unspecified atom stereocenters. The van der Waals surface area contributed by atoms with Crippen LogP contribution in [0.3, 0.4) is 0 Å². The van der Waals surface area contributed by atoms with Gasteiger partial charge in [-0.2, -0.15) is 11.8 Å². The minimum absolute atomic E-state index is 0.213. The van der Waals surface area contributed by atoms with Crippen molar-refractivity contribution in [2.45, 2.75) is 19.3 Å². The molecule has 2 N–H and O–H groups in total. The third-order valence-electron chi connectivity index (χ3n) is 1.17. The summed E-state index contributed by atoms with van der Waals surface area (Å²) in [5.74, 6) is 1.31. The van der Waals surface area contributed by atoms with Crippen molar-refractivity contribution in [3.05, 3.63) is 0 Å². The van der Waals surface area contributed by atoms with E-state index in [9.17, 15) is 4.79 Å². The molecule has 4 heteroatoms. The van der Waals surface area contributed by atoms with Gasteiger partial charge in [0, 0.05) is 5.33 Å². The summed E-state index contributed by atoms with van der Waals surface area (Å²) >= 11 is 4.98. The smallest absolute Gasteiger partial charge is 0.227 e. The van der Waals surface area contributed by atoms with Crippen LogP contribution in [0, 0.1) is 0 Å². The van der Waals surface area contributed by atoms with E-state index in [1.807, 2.05) is 0 Å². The standard InChI is InChI=1S/C7H14BrNOS/c8-4-2-1-3-5-11-6-7(9)10/h1-6H2,(H2,9,10). The van der Waals surface area contributed by atoms with E-state index >= 15 is 0 Å². The molecule has 0 fully saturated rings. The average molecular weight is 240 g/mol. The average Bonchev–Trinajstić information content (AvgIpc) is 1.96. The van der Waals surface area contributed by atoms with E-state index in [0.29, 0.717) is 5.75 Å². The van der Waals surface area contributed by atoms with Gasteiger partial charge >= 0.3 is 0 Å². The zero-order valence-electron chi connectivity index (χ0n) is 6.51. The van der Waals surface area contributed by atoms with Crippen molar-refractivity contribution < 1.29 is 4.79 Å². The number of halogens is 1. The highest BCUT2D eigenvalue weighted by atomic mass is 79.9. The molecular weight excluding hydrogens is 226 g/mol. The topological polar surface area (TPSA) is 43.1 Å². The van der Waals surface area contributed by atoms with Crippen LogP contribution in [0.5, 0.6) is 0 Å². The first kappa shape index (κ1) is 11.3. The van der Waals surface area contributed by atoms with Crippen molar-refractivity contribution in [2.75, 3.05) is 16.8 Å². The van der Waals surface area contributed by atoms with Crippen LogP contribution in [0.15, 0.2) is 0 Å². The number of alkyl halides is 1. The number of hydrogen-bond acceptors (Lipinski definition) is 2. The summed E-state index contributed by atoms with van der Waals surface area (Å²) in [4.78, 5) is 10.3. The van der Waals surface area contributed by atoms with E-state index in [2.05, 4.69) is 15.9 Å². The molecule has 66 valence electrons. The van der Waals surface area contributed by atoms with Gasteiger partial charge in [0.05, 0.1) is 5.75 Å². The molecule has 0 heterocycles. The molecule has 0 aliphatic carbocycles. The molecule has 0 saturated carbocycles. The Balaban J connectivity index is 2.85. The number of primary amides is 1. The highest BCUT2D eigenvalue weighted by molar-refractivity contribution is 9.09. The van der Waals surface area contributed by atoms with Gasteiger partial charge in [0.2, 0.25) is 5.91 Å². The third kappa shape index (κ3) is 10.3. The number of carbonyl (C=O) groups excluding carboxylic acids is 1. The van der Waals surface area contributed by atoms with Crippen LogP contribution in [0.2, 0.25) is 0 Å². The maximum absolute atomic E-state index is 10.3. The summed E-state index contributed by atoms with van der Waals surface area (Å²) in [5.41, 5.74) is 4.97. The second-order valence-corrected chi connectivity index (χ2v) is 4.17. The van der Waals surface area contributed by atoms with Gasteiger partial charge in [-0.15, -0.1) is 0 Å². The van der Waals surface area contributed by atoms with Crippen molar-refractivity contribution in [3.8, 4) is 0 Å². The number of amides is 1. The molecule has 0 aromatic rings. The van der Waals surface area contributed by atoms with E-state index < -0.39 is 0 Å². The lowest BCUT2D eigenvalue weighted by Crippen LogP contribution is -2.13. The Bertz CT molecular complexity index is 111. The predicted molar refractivity (Wildman–Crippen MR) is 54.2 cm³/mol. The number of thioether (sulfide) groups is 1. The highest BCUT2D eigenvalue weighted by Gasteiger charge is 1.93. The zero-order chi connectivity index (χ0) is 8.53. The van der Waals surface area contributed by atoms with Crippen LogP contribution in [0.1, 0.15) is 19.3 Å². The van der Waals surface area contributed by atoms with E-state index in [1.54, 1.807) is 11.8 Å². The maximum atomic E-state index is 10.3. The first-order valence-electron chi connectivity index (χ1n) is 3.69. The Morgan fingerprint density at radius 3 is 2.64 bits per heavy atom.